The minimum absolute atomic E-state index is 0.275. The Kier molecular flexibility index (Phi) is 3.74. The number of pyridine rings is 1. The first kappa shape index (κ1) is 11.6. The first-order valence-electron chi connectivity index (χ1n) is 4.76. The number of hydrogen-bond acceptors (Lipinski definition) is 4. The maximum atomic E-state index is 10.6. The summed E-state index contributed by atoms with van der Waals surface area (Å²) >= 11 is 0. The minimum atomic E-state index is -0.928. The van der Waals surface area contributed by atoms with Crippen molar-refractivity contribution in [1.82, 2.24) is 10.3 Å². The summed E-state index contributed by atoms with van der Waals surface area (Å²) in [6.07, 6.45) is 3.44. The highest BCUT2D eigenvalue weighted by atomic mass is 16.6. The Morgan fingerprint density at radius 3 is 2.87 bits per heavy atom. The molecule has 0 atom stereocenters. The van der Waals surface area contributed by atoms with Crippen LogP contribution in [0.5, 0.6) is 0 Å². The molecule has 5 nitrogen and oxygen atoms in total. The molecule has 1 N–H and O–H groups in total. The van der Waals surface area contributed by atoms with E-state index in [-0.39, 0.29) is 4.92 Å². The molecule has 0 aliphatic carbocycles. The Labute approximate surface area is 88.7 Å². The van der Waals surface area contributed by atoms with Crippen LogP contribution in [0.2, 0.25) is 0 Å². The zero-order chi connectivity index (χ0) is 11.3. The molecule has 0 radical (unpaired) electrons. The zero-order valence-corrected chi connectivity index (χ0v) is 8.93. The fourth-order valence-electron chi connectivity index (χ4n) is 1.08. The summed E-state index contributed by atoms with van der Waals surface area (Å²) in [4.78, 5) is 14.3. The fraction of sp³-hybridized carbons (Fsp3) is 0.500. The summed E-state index contributed by atoms with van der Waals surface area (Å²) in [7, 11) is 0. The van der Waals surface area contributed by atoms with Gasteiger partial charge >= 0.3 is 0 Å². The van der Waals surface area contributed by atoms with Crippen LogP contribution >= 0.6 is 0 Å². The smallest absolute Gasteiger partial charge is 0.229 e. The van der Waals surface area contributed by atoms with E-state index in [0.717, 1.165) is 5.56 Å². The normalized spacial score (nSPS) is 11.3. The van der Waals surface area contributed by atoms with Crippen molar-refractivity contribution in [3.8, 4) is 0 Å². The molecule has 5 heteroatoms. The van der Waals surface area contributed by atoms with Crippen molar-refractivity contribution in [2.75, 3.05) is 6.54 Å². The Morgan fingerprint density at radius 1 is 1.60 bits per heavy atom. The molecule has 0 amide bonds. The van der Waals surface area contributed by atoms with Gasteiger partial charge in [-0.2, -0.15) is 0 Å². The highest BCUT2D eigenvalue weighted by Gasteiger charge is 2.29. The minimum Gasteiger partial charge on any atom is -0.306 e. The van der Waals surface area contributed by atoms with Crippen LogP contribution in [0, 0.1) is 10.1 Å². The molecule has 1 aromatic heterocycles. The van der Waals surface area contributed by atoms with Crippen LogP contribution in [0.4, 0.5) is 0 Å². The first-order valence-corrected chi connectivity index (χ1v) is 4.76. The van der Waals surface area contributed by atoms with Gasteiger partial charge in [0, 0.05) is 37.7 Å². The molecule has 0 unspecified atom stereocenters. The topological polar surface area (TPSA) is 68.1 Å². The third kappa shape index (κ3) is 3.63. The predicted molar refractivity (Wildman–Crippen MR) is 57.0 cm³/mol. The van der Waals surface area contributed by atoms with Crippen LogP contribution in [0.3, 0.4) is 0 Å². The maximum absolute atomic E-state index is 10.6. The van der Waals surface area contributed by atoms with Crippen LogP contribution in [-0.4, -0.2) is 22.0 Å². The van der Waals surface area contributed by atoms with Crippen molar-refractivity contribution < 1.29 is 4.92 Å². The second-order valence-electron chi connectivity index (χ2n) is 4.03. The van der Waals surface area contributed by atoms with Gasteiger partial charge in [-0.25, -0.2) is 0 Å². The molecular formula is C10H15N3O2. The average molecular weight is 209 g/mol. The Balaban J connectivity index is 2.37. The molecule has 1 rings (SSSR count). The Morgan fingerprint density at radius 2 is 2.33 bits per heavy atom. The monoisotopic (exact) mass is 209 g/mol. The van der Waals surface area contributed by atoms with Gasteiger partial charge in [0.15, 0.2) is 0 Å². The zero-order valence-electron chi connectivity index (χ0n) is 8.93. The van der Waals surface area contributed by atoms with Gasteiger partial charge in [0.05, 0.1) is 6.54 Å². The lowest BCUT2D eigenvalue weighted by Crippen LogP contribution is -2.41. The number of rotatable bonds is 5. The molecular weight excluding hydrogens is 194 g/mol. The fourth-order valence-corrected chi connectivity index (χ4v) is 1.08. The van der Waals surface area contributed by atoms with Crippen LogP contribution in [-0.2, 0) is 6.54 Å². The number of nitrogens with one attached hydrogen (secondary N) is 1. The van der Waals surface area contributed by atoms with Gasteiger partial charge in [0.1, 0.15) is 0 Å². The lowest BCUT2D eigenvalue weighted by Gasteiger charge is -2.15. The van der Waals surface area contributed by atoms with Gasteiger partial charge in [0.2, 0.25) is 5.54 Å². The molecule has 1 aromatic rings. The van der Waals surface area contributed by atoms with Crippen LogP contribution in [0.1, 0.15) is 19.4 Å². The van der Waals surface area contributed by atoms with E-state index in [9.17, 15) is 10.1 Å². The molecule has 0 spiro atoms. The number of nitrogens with zero attached hydrogens (tertiary/aromatic N) is 2. The van der Waals surface area contributed by atoms with Crippen molar-refractivity contribution in [1.29, 1.82) is 0 Å². The summed E-state index contributed by atoms with van der Waals surface area (Å²) < 4.78 is 0. The SMILES string of the molecule is CC(C)(CNCc1cccnc1)[N+](=O)[O-]. The molecule has 15 heavy (non-hydrogen) atoms. The van der Waals surface area contributed by atoms with Gasteiger partial charge in [0.25, 0.3) is 0 Å². The lowest BCUT2D eigenvalue weighted by molar-refractivity contribution is -0.558. The van der Waals surface area contributed by atoms with E-state index in [0.29, 0.717) is 13.1 Å². The molecule has 0 aliphatic heterocycles. The summed E-state index contributed by atoms with van der Waals surface area (Å²) in [5.74, 6) is 0. The molecule has 0 saturated carbocycles. The van der Waals surface area contributed by atoms with E-state index < -0.39 is 5.54 Å². The molecule has 0 fully saturated rings. The summed E-state index contributed by atoms with van der Waals surface area (Å²) in [5, 5.41) is 13.7. The van der Waals surface area contributed by atoms with Gasteiger partial charge in [-0.15, -0.1) is 0 Å². The number of nitro groups is 1. The van der Waals surface area contributed by atoms with Crippen LogP contribution in [0.15, 0.2) is 24.5 Å². The highest BCUT2D eigenvalue weighted by Crippen LogP contribution is 2.05. The second kappa shape index (κ2) is 4.84. The predicted octanol–water partition coefficient (Wildman–Crippen LogP) is 1.23. The van der Waals surface area contributed by atoms with E-state index in [2.05, 4.69) is 10.3 Å². The van der Waals surface area contributed by atoms with Crippen LogP contribution < -0.4 is 5.32 Å². The molecule has 0 aromatic carbocycles. The van der Waals surface area contributed by atoms with Crippen molar-refractivity contribution in [3.05, 3.63) is 40.2 Å². The first-order chi connectivity index (χ1) is 7.02. The molecule has 0 saturated heterocycles. The van der Waals surface area contributed by atoms with Crippen LogP contribution in [0.25, 0.3) is 0 Å². The second-order valence-corrected chi connectivity index (χ2v) is 4.03. The van der Waals surface area contributed by atoms with E-state index in [1.54, 1.807) is 26.2 Å². The lowest BCUT2D eigenvalue weighted by atomic mass is 10.1. The molecule has 1 heterocycles. The third-order valence-corrected chi connectivity index (χ3v) is 2.10. The van der Waals surface area contributed by atoms with Crippen molar-refractivity contribution in [2.45, 2.75) is 25.9 Å². The Bertz CT molecular complexity index is 325. The molecule has 0 aliphatic rings. The van der Waals surface area contributed by atoms with Crippen molar-refractivity contribution in [2.24, 2.45) is 0 Å². The summed E-state index contributed by atoms with van der Waals surface area (Å²) in [6.45, 7) is 4.15. The summed E-state index contributed by atoms with van der Waals surface area (Å²) in [6, 6.07) is 3.77. The quantitative estimate of drug-likeness (QED) is 0.585. The van der Waals surface area contributed by atoms with Gasteiger partial charge in [-0.1, -0.05) is 6.07 Å². The van der Waals surface area contributed by atoms with Crippen molar-refractivity contribution in [3.63, 3.8) is 0 Å². The average Bonchev–Trinajstić information content (AvgIpc) is 2.19. The van der Waals surface area contributed by atoms with Gasteiger partial charge in [-0.3, -0.25) is 15.1 Å². The van der Waals surface area contributed by atoms with E-state index in [4.69, 9.17) is 0 Å². The molecule has 82 valence electrons. The largest absolute Gasteiger partial charge is 0.306 e. The summed E-state index contributed by atoms with van der Waals surface area (Å²) in [5.41, 5.74) is 0.0963. The van der Waals surface area contributed by atoms with Gasteiger partial charge in [-0.05, 0) is 11.6 Å². The highest BCUT2D eigenvalue weighted by molar-refractivity contribution is 5.07. The molecule has 0 bridgehead atoms. The van der Waals surface area contributed by atoms with E-state index in [1.165, 1.54) is 0 Å². The third-order valence-electron chi connectivity index (χ3n) is 2.10. The number of aromatic nitrogens is 1. The van der Waals surface area contributed by atoms with Crippen molar-refractivity contribution >= 4 is 0 Å². The Hall–Kier alpha value is -1.49. The standard InChI is InChI=1S/C10H15N3O2/c1-10(2,13(14)15)8-12-7-9-4-3-5-11-6-9/h3-6,12H,7-8H2,1-2H3. The number of hydrogen-bond donors (Lipinski definition) is 1. The van der Waals surface area contributed by atoms with Gasteiger partial charge < -0.3 is 5.32 Å². The van der Waals surface area contributed by atoms with E-state index in [1.807, 2.05) is 12.1 Å². The maximum Gasteiger partial charge on any atom is 0.229 e. The van der Waals surface area contributed by atoms with E-state index >= 15 is 0 Å².